The fourth-order valence-corrected chi connectivity index (χ4v) is 3.57. The summed E-state index contributed by atoms with van der Waals surface area (Å²) in [4.78, 5) is 39.2. The minimum absolute atomic E-state index is 0.154. The van der Waals surface area contributed by atoms with E-state index in [1.54, 1.807) is 49.4 Å². The summed E-state index contributed by atoms with van der Waals surface area (Å²) in [6.07, 6.45) is 2.24. The third kappa shape index (κ3) is 4.99. The van der Waals surface area contributed by atoms with Crippen molar-refractivity contribution >= 4 is 34.9 Å². The second-order valence-electron chi connectivity index (χ2n) is 7.77. The first kappa shape index (κ1) is 21.2. The Morgan fingerprint density at radius 1 is 1.26 bits per heavy atom. The van der Waals surface area contributed by atoms with E-state index in [4.69, 9.17) is 21.1 Å². The van der Waals surface area contributed by atoms with Crippen LogP contribution in [0.15, 0.2) is 42.5 Å². The number of hydrogen-bond acceptors (Lipinski definition) is 5. The number of anilines is 1. The first-order valence-corrected chi connectivity index (χ1v) is 10.6. The number of ketones is 1. The molecule has 1 heterocycles. The predicted octanol–water partition coefficient (Wildman–Crippen LogP) is 3.24. The Morgan fingerprint density at radius 3 is 2.81 bits per heavy atom. The summed E-state index contributed by atoms with van der Waals surface area (Å²) >= 11 is 5.94. The highest BCUT2D eigenvalue weighted by Crippen LogP contribution is 2.35. The van der Waals surface area contributed by atoms with Crippen LogP contribution >= 0.6 is 11.6 Å². The molecule has 1 saturated carbocycles. The molecule has 1 aliphatic carbocycles. The van der Waals surface area contributed by atoms with E-state index < -0.39 is 6.04 Å². The van der Waals surface area contributed by atoms with Crippen molar-refractivity contribution in [2.75, 3.05) is 24.7 Å². The van der Waals surface area contributed by atoms with E-state index in [2.05, 4.69) is 5.32 Å². The Morgan fingerprint density at radius 2 is 2.06 bits per heavy atom. The van der Waals surface area contributed by atoms with Gasteiger partial charge in [0.25, 0.3) is 5.91 Å². The molecular formula is C23H23ClN2O5. The van der Waals surface area contributed by atoms with Gasteiger partial charge in [-0.05, 0) is 62.1 Å². The van der Waals surface area contributed by atoms with Gasteiger partial charge in [0.1, 0.15) is 17.5 Å². The quantitative estimate of drug-likeness (QED) is 0.634. The van der Waals surface area contributed by atoms with Gasteiger partial charge in [-0.15, -0.1) is 0 Å². The summed E-state index contributed by atoms with van der Waals surface area (Å²) < 4.78 is 11.0. The van der Waals surface area contributed by atoms with Crippen LogP contribution in [0.25, 0.3) is 0 Å². The predicted molar refractivity (Wildman–Crippen MR) is 116 cm³/mol. The molecule has 1 fully saturated rings. The molecule has 0 bridgehead atoms. The molecule has 31 heavy (non-hydrogen) atoms. The number of carbonyl (C=O) groups excluding carboxylic acids is 3. The lowest BCUT2D eigenvalue weighted by Crippen LogP contribution is -2.51. The number of halogens is 1. The van der Waals surface area contributed by atoms with Gasteiger partial charge in [0, 0.05) is 17.1 Å². The number of fused-ring (bicyclic) bond motifs is 1. The van der Waals surface area contributed by atoms with Gasteiger partial charge >= 0.3 is 0 Å². The third-order valence-corrected chi connectivity index (χ3v) is 5.59. The zero-order valence-corrected chi connectivity index (χ0v) is 17.9. The SMILES string of the molecule is C[C@H](C(=O)NCC1CC1)N1C(=O)COc2ccc(C(=O)COc3cccc(Cl)c3)cc21. The maximum absolute atomic E-state index is 12.7. The fraction of sp³-hybridized carbons (Fsp3) is 0.348. The molecule has 0 radical (unpaired) electrons. The molecule has 8 heteroatoms. The summed E-state index contributed by atoms with van der Waals surface area (Å²) in [6, 6.07) is 10.9. The van der Waals surface area contributed by atoms with E-state index in [1.807, 2.05) is 0 Å². The molecule has 162 valence electrons. The number of hydrogen-bond donors (Lipinski definition) is 1. The Hall–Kier alpha value is -3.06. The number of nitrogens with one attached hydrogen (secondary N) is 1. The van der Waals surface area contributed by atoms with E-state index in [9.17, 15) is 14.4 Å². The first-order valence-electron chi connectivity index (χ1n) is 10.2. The normalized spacial score (nSPS) is 16.2. The Labute approximate surface area is 185 Å². The van der Waals surface area contributed by atoms with Gasteiger partial charge in [0.05, 0.1) is 5.69 Å². The minimum atomic E-state index is -0.720. The van der Waals surface area contributed by atoms with E-state index in [1.165, 1.54) is 4.90 Å². The number of Topliss-reactive ketones (excluding diaryl/α,β-unsaturated/α-hetero) is 1. The van der Waals surface area contributed by atoms with Gasteiger partial charge in [-0.3, -0.25) is 19.3 Å². The maximum Gasteiger partial charge on any atom is 0.265 e. The highest BCUT2D eigenvalue weighted by atomic mass is 35.5. The molecule has 1 atom stereocenters. The smallest absolute Gasteiger partial charge is 0.265 e. The van der Waals surface area contributed by atoms with Crippen molar-refractivity contribution in [1.29, 1.82) is 0 Å². The Balaban J connectivity index is 1.50. The largest absolute Gasteiger partial charge is 0.485 e. The zero-order valence-electron chi connectivity index (χ0n) is 17.1. The van der Waals surface area contributed by atoms with Gasteiger partial charge in [-0.2, -0.15) is 0 Å². The molecule has 4 rings (SSSR count). The number of benzene rings is 2. The standard InChI is InChI=1S/C23H23ClN2O5/c1-14(23(29)25-11-15-5-6-15)26-19-9-16(7-8-21(19)31-13-22(26)28)20(27)12-30-18-4-2-3-17(24)10-18/h2-4,7-10,14-15H,5-6,11-13H2,1H3,(H,25,29)/t14-/m1/s1. The molecule has 2 aromatic rings. The van der Waals surface area contributed by atoms with Crippen LogP contribution in [0.3, 0.4) is 0 Å². The number of rotatable bonds is 8. The lowest BCUT2D eigenvalue weighted by atomic mass is 10.1. The summed E-state index contributed by atoms with van der Waals surface area (Å²) in [7, 11) is 0. The highest BCUT2D eigenvalue weighted by molar-refractivity contribution is 6.30. The molecule has 2 amide bonds. The summed E-state index contributed by atoms with van der Waals surface area (Å²) in [5.74, 6) is 0.642. The summed E-state index contributed by atoms with van der Waals surface area (Å²) in [5, 5.41) is 3.41. The Bertz CT molecular complexity index is 1020. The van der Waals surface area contributed by atoms with Gasteiger partial charge in [-0.1, -0.05) is 17.7 Å². The van der Waals surface area contributed by atoms with Crippen LogP contribution in [0.4, 0.5) is 5.69 Å². The second-order valence-corrected chi connectivity index (χ2v) is 8.21. The average molecular weight is 443 g/mol. The van der Waals surface area contributed by atoms with Crippen LogP contribution in [0.1, 0.15) is 30.1 Å². The topological polar surface area (TPSA) is 84.9 Å². The molecule has 2 aliphatic rings. The number of ether oxygens (including phenoxy) is 2. The molecule has 2 aromatic carbocycles. The van der Waals surface area contributed by atoms with Crippen LogP contribution in [-0.4, -0.2) is 43.4 Å². The molecule has 1 N–H and O–H groups in total. The van der Waals surface area contributed by atoms with Crippen molar-refractivity contribution in [1.82, 2.24) is 5.32 Å². The van der Waals surface area contributed by atoms with Crippen LogP contribution in [0, 0.1) is 5.92 Å². The van der Waals surface area contributed by atoms with Crippen LogP contribution in [-0.2, 0) is 9.59 Å². The molecule has 1 aliphatic heterocycles. The molecule has 0 spiro atoms. The van der Waals surface area contributed by atoms with Crippen LogP contribution < -0.4 is 19.7 Å². The monoisotopic (exact) mass is 442 g/mol. The molecule has 0 saturated heterocycles. The van der Waals surface area contributed by atoms with Crippen molar-refractivity contribution in [3.63, 3.8) is 0 Å². The van der Waals surface area contributed by atoms with Crippen LogP contribution in [0.5, 0.6) is 11.5 Å². The minimum Gasteiger partial charge on any atom is -0.485 e. The van der Waals surface area contributed by atoms with E-state index in [-0.39, 0.29) is 30.8 Å². The van der Waals surface area contributed by atoms with Crippen molar-refractivity contribution in [2.45, 2.75) is 25.8 Å². The number of carbonyl (C=O) groups is 3. The lowest BCUT2D eigenvalue weighted by molar-refractivity contribution is -0.127. The fourth-order valence-electron chi connectivity index (χ4n) is 3.39. The van der Waals surface area contributed by atoms with Gasteiger partial charge < -0.3 is 14.8 Å². The molecule has 7 nitrogen and oxygen atoms in total. The highest BCUT2D eigenvalue weighted by Gasteiger charge is 2.34. The van der Waals surface area contributed by atoms with Gasteiger partial charge in [-0.25, -0.2) is 0 Å². The van der Waals surface area contributed by atoms with Crippen molar-refractivity contribution < 1.29 is 23.9 Å². The second kappa shape index (κ2) is 8.98. The van der Waals surface area contributed by atoms with Gasteiger partial charge in [0.2, 0.25) is 5.91 Å². The summed E-state index contributed by atoms with van der Waals surface area (Å²) in [6.45, 7) is 1.95. The number of amides is 2. The van der Waals surface area contributed by atoms with Crippen LogP contribution in [0.2, 0.25) is 5.02 Å². The third-order valence-electron chi connectivity index (χ3n) is 5.35. The average Bonchev–Trinajstić information content (AvgIpc) is 3.59. The van der Waals surface area contributed by atoms with Gasteiger partial charge in [0.15, 0.2) is 19.0 Å². The Kier molecular flexibility index (Phi) is 6.13. The number of nitrogens with zero attached hydrogens (tertiary/aromatic N) is 1. The van der Waals surface area contributed by atoms with E-state index in [0.717, 1.165) is 12.8 Å². The zero-order chi connectivity index (χ0) is 22.0. The maximum atomic E-state index is 12.7. The molecular weight excluding hydrogens is 420 g/mol. The van der Waals surface area contributed by atoms with E-state index in [0.29, 0.717) is 40.2 Å². The lowest BCUT2D eigenvalue weighted by Gasteiger charge is -2.33. The first-order chi connectivity index (χ1) is 14.9. The summed E-state index contributed by atoms with van der Waals surface area (Å²) in [5.41, 5.74) is 0.758. The van der Waals surface area contributed by atoms with Crippen molar-refractivity contribution in [2.24, 2.45) is 5.92 Å². The van der Waals surface area contributed by atoms with Crippen molar-refractivity contribution in [3.05, 3.63) is 53.1 Å². The molecule has 0 aromatic heterocycles. The molecule has 0 unspecified atom stereocenters. The van der Waals surface area contributed by atoms with E-state index >= 15 is 0 Å². The van der Waals surface area contributed by atoms with Crippen molar-refractivity contribution in [3.8, 4) is 11.5 Å².